The fourth-order valence-corrected chi connectivity index (χ4v) is 2.07. The Morgan fingerprint density at radius 2 is 2.25 bits per heavy atom. The van der Waals surface area contributed by atoms with E-state index in [1.807, 2.05) is 24.4 Å². The Hall–Kier alpha value is -2.32. The van der Waals surface area contributed by atoms with Crippen LogP contribution in [0.25, 0.3) is 10.9 Å². The van der Waals surface area contributed by atoms with Gasteiger partial charge in [0.1, 0.15) is 0 Å². The van der Waals surface area contributed by atoms with Crippen molar-refractivity contribution in [2.75, 3.05) is 26.8 Å². The van der Waals surface area contributed by atoms with Crippen LogP contribution in [0.5, 0.6) is 0 Å². The van der Waals surface area contributed by atoms with Crippen molar-refractivity contribution in [1.82, 2.24) is 9.88 Å². The zero-order chi connectivity index (χ0) is 14.4. The average molecular weight is 271 g/mol. The first kappa shape index (κ1) is 14.1. The van der Waals surface area contributed by atoms with Gasteiger partial charge in [-0.15, -0.1) is 0 Å². The van der Waals surface area contributed by atoms with E-state index < -0.39 is 0 Å². The quantitative estimate of drug-likeness (QED) is 0.875. The van der Waals surface area contributed by atoms with Crippen LogP contribution in [-0.2, 0) is 4.74 Å². The third kappa shape index (κ3) is 3.16. The van der Waals surface area contributed by atoms with Crippen LogP contribution in [0.4, 0.5) is 0 Å². The number of aromatic amines is 1. The first-order valence-corrected chi connectivity index (χ1v) is 6.48. The summed E-state index contributed by atoms with van der Waals surface area (Å²) >= 11 is 0. The number of nitriles is 1. The monoisotopic (exact) mass is 271 g/mol. The van der Waals surface area contributed by atoms with Crippen LogP contribution in [0.1, 0.15) is 16.8 Å². The van der Waals surface area contributed by atoms with Crippen LogP contribution >= 0.6 is 0 Å². The third-order valence-corrected chi connectivity index (χ3v) is 3.15. The number of hydrogen-bond donors (Lipinski definition) is 1. The summed E-state index contributed by atoms with van der Waals surface area (Å²) in [5, 5.41) is 9.69. The molecule has 1 aromatic carbocycles. The summed E-state index contributed by atoms with van der Waals surface area (Å²) in [5.74, 6) is -0.0691. The molecule has 1 aromatic heterocycles. The molecule has 1 heterocycles. The van der Waals surface area contributed by atoms with E-state index in [-0.39, 0.29) is 5.91 Å². The zero-order valence-electron chi connectivity index (χ0n) is 11.4. The molecular weight excluding hydrogens is 254 g/mol. The van der Waals surface area contributed by atoms with Gasteiger partial charge in [0.25, 0.3) is 5.91 Å². The molecular formula is C15H17N3O2. The van der Waals surface area contributed by atoms with Crippen molar-refractivity contribution in [2.45, 2.75) is 6.42 Å². The van der Waals surface area contributed by atoms with E-state index in [1.165, 1.54) is 0 Å². The molecule has 0 unspecified atom stereocenters. The van der Waals surface area contributed by atoms with Gasteiger partial charge in [0.05, 0.1) is 19.1 Å². The topological polar surface area (TPSA) is 69.1 Å². The number of aromatic nitrogens is 1. The van der Waals surface area contributed by atoms with E-state index in [0.717, 1.165) is 10.9 Å². The molecule has 2 aromatic rings. The molecule has 1 amide bonds. The summed E-state index contributed by atoms with van der Waals surface area (Å²) in [6.07, 6.45) is 2.17. The predicted octanol–water partition coefficient (Wildman–Crippen LogP) is 2.17. The number of hydrogen-bond acceptors (Lipinski definition) is 3. The van der Waals surface area contributed by atoms with Crippen LogP contribution < -0.4 is 0 Å². The van der Waals surface area contributed by atoms with E-state index in [9.17, 15) is 4.79 Å². The fourth-order valence-electron chi connectivity index (χ4n) is 2.07. The number of nitrogens with one attached hydrogen (secondary N) is 1. The maximum absolute atomic E-state index is 12.5. The highest BCUT2D eigenvalue weighted by Crippen LogP contribution is 2.16. The molecule has 2 rings (SSSR count). The fraction of sp³-hybridized carbons (Fsp3) is 0.333. The van der Waals surface area contributed by atoms with Crippen molar-refractivity contribution in [3.8, 4) is 6.07 Å². The van der Waals surface area contributed by atoms with Crippen molar-refractivity contribution in [2.24, 2.45) is 0 Å². The Morgan fingerprint density at radius 1 is 1.40 bits per heavy atom. The van der Waals surface area contributed by atoms with Gasteiger partial charge in [-0.1, -0.05) is 0 Å². The molecule has 0 aliphatic heterocycles. The summed E-state index contributed by atoms with van der Waals surface area (Å²) in [6, 6.07) is 9.55. The van der Waals surface area contributed by atoms with E-state index in [4.69, 9.17) is 10.00 Å². The second-order valence-corrected chi connectivity index (χ2v) is 4.47. The number of carbonyl (C=O) groups excluding carboxylic acids is 1. The molecule has 0 aliphatic carbocycles. The van der Waals surface area contributed by atoms with Crippen LogP contribution in [0.3, 0.4) is 0 Å². The van der Waals surface area contributed by atoms with Crippen molar-refractivity contribution in [3.63, 3.8) is 0 Å². The molecule has 0 spiro atoms. The smallest absolute Gasteiger partial charge is 0.253 e. The first-order valence-electron chi connectivity index (χ1n) is 6.48. The van der Waals surface area contributed by atoms with Crippen molar-refractivity contribution >= 4 is 16.8 Å². The molecule has 20 heavy (non-hydrogen) atoms. The van der Waals surface area contributed by atoms with Crippen molar-refractivity contribution < 1.29 is 9.53 Å². The molecule has 5 nitrogen and oxygen atoms in total. The Bertz CT molecular complexity index is 627. The number of rotatable bonds is 6. The summed E-state index contributed by atoms with van der Waals surface area (Å²) in [6.45, 7) is 1.37. The zero-order valence-corrected chi connectivity index (χ0v) is 11.4. The normalized spacial score (nSPS) is 10.4. The predicted molar refractivity (Wildman–Crippen MR) is 76.3 cm³/mol. The lowest BCUT2D eigenvalue weighted by Gasteiger charge is -2.21. The molecule has 104 valence electrons. The molecule has 1 N–H and O–H groups in total. The van der Waals surface area contributed by atoms with Crippen LogP contribution in [-0.4, -0.2) is 42.6 Å². The summed E-state index contributed by atoms with van der Waals surface area (Å²) in [7, 11) is 1.60. The van der Waals surface area contributed by atoms with Crippen molar-refractivity contribution in [3.05, 3.63) is 36.0 Å². The minimum atomic E-state index is -0.0691. The van der Waals surface area contributed by atoms with Gasteiger partial charge < -0.3 is 14.6 Å². The molecule has 0 saturated carbocycles. The Labute approximate surface area is 117 Å². The lowest BCUT2D eigenvalue weighted by Crippen LogP contribution is -2.34. The van der Waals surface area contributed by atoms with Crippen LogP contribution in [0.2, 0.25) is 0 Å². The summed E-state index contributed by atoms with van der Waals surface area (Å²) in [5.41, 5.74) is 1.63. The standard InChI is InChI=1S/C15H17N3O2/c1-20-10-9-18(8-2-6-16)15(19)13-3-4-14-12(11-13)5-7-17-14/h3-5,7,11,17H,2,8-10H2,1H3. The lowest BCUT2D eigenvalue weighted by atomic mass is 10.1. The highest BCUT2D eigenvalue weighted by Gasteiger charge is 2.15. The van der Waals surface area contributed by atoms with Crippen molar-refractivity contribution in [1.29, 1.82) is 5.26 Å². The molecule has 0 atom stereocenters. The highest BCUT2D eigenvalue weighted by atomic mass is 16.5. The van der Waals surface area contributed by atoms with Gasteiger partial charge in [0.2, 0.25) is 0 Å². The second kappa shape index (κ2) is 6.73. The lowest BCUT2D eigenvalue weighted by molar-refractivity contribution is 0.0700. The molecule has 0 bridgehead atoms. The minimum Gasteiger partial charge on any atom is -0.383 e. The summed E-state index contributed by atoms with van der Waals surface area (Å²) < 4.78 is 5.01. The maximum Gasteiger partial charge on any atom is 0.253 e. The maximum atomic E-state index is 12.5. The van der Waals surface area contributed by atoms with E-state index in [0.29, 0.717) is 31.7 Å². The Balaban J connectivity index is 2.18. The summed E-state index contributed by atoms with van der Waals surface area (Å²) in [4.78, 5) is 17.2. The van der Waals surface area contributed by atoms with Gasteiger partial charge in [-0.2, -0.15) is 5.26 Å². The first-order chi connectivity index (χ1) is 9.76. The van der Waals surface area contributed by atoms with Gasteiger partial charge in [-0.25, -0.2) is 0 Å². The Kier molecular flexibility index (Phi) is 4.75. The number of fused-ring (bicyclic) bond motifs is 1. The molecule has 0 saturated heterocycles. The SMILES string of the molecule is COCCN(CCC#N)C(=O)c1ccc2[nH]ccc2c1. The van der Waals surface area contributed by atoms with Gasteiger partial charge in [-0.05, 0) is 24.3 Å². The van der Waals surface area contributed by atoms with Gasteiger partial charge in [-0.3, -0.25) is 4.79 Å². The highest BCUT2D eigenvalue weighted by molar-refractivity contribution is 5.98. The van der Waals surface area contributed by atoms with Crippen LogP contribution in [0, 0.1) is 11.3 Å². The van der Waals surface area contributed by atoms with Crippen LogP contribution in [0.15, 0.2) is 30.5 Å². The molecule has 0 aliphatic rings. The second-order valence-electron chi connectivity index (χ2n) is 4.47. The van der Waals surface area contributed by atoms with Gasteiger partial charge in [0.15, 0.2) is 0 Å². The molecule has 0 fully saturated rings. The Morgan fingerprint density at radius 3 is 3.00 bits per heavy atom. The van der Waals surface area contributed by atoms with E-state index in [2.05, 4.69) is 11.1 Å². The number of H-pyrrole nitrogens is 1. The molecule has 5 heteroatoms. The van der Waals surface area contributed by atoms with Gasteiger partial charge >= 0.3 is 0 Å². The van der Waals surface area contributed by atoms with E-state index >= 15 is 0 Å². The van der Waals surface area contributed by atoms with Gasteiger partial charge in [0, 0.05) is 42.9 Å². The molecule has 0 radical (unpaired) electrons. The number of benzene rings is 1. The number of nitrogens with zero attached hydrogens (tertiary/aromatic N) is 2. The minimum absolute atomic E-state index is 0.0691. The van der Waals surface area contributed by atoms with E-state index in [1.54, 1.807) is 18.1 Å². The average Bonchev–Trinajstić information content (AvgIpc) is 2.94. The number of amides is 1. The number of carbonyl (C=O) groups is 1. The third-order valence-electron chi connectivity index (χ3n) is 3.15. The number of methoxy groups -OCH3 is 1. The number of ether oxygens (including phenoxy) is 1. The largest absolute Gasteiger partial charge is 0.383 e.